The summed E-state index contributed by atoms with van der Waals surface area (Å²) in [6, 6.07) is 15.3. The summed E-state index contributed by atoms with van der Waals surface area (Å²) in [4.78, 5) is 4.77. The summed E-state index contributed by atoms with van der Waals surface area (Å²) in [5.41, 5.74) is 6.78. The minimum atomic E-state index is 0.264. The van der Waals surface area contributed by atoms with Gasteiger partial charge >= 0.3 is 0 Å². The summed E-state index contributed by atoms with van der Waals surface area (Å²) in [5.74, 6) is 0.724. The number of aromatic nitrogens is 6. The van der Waals surface area contributed by atoms with E-state index in [1.807, 2.05) is 55.8 Å². The molecular formula is C22H20N6O. The van der Waals surface area contributed by atoms with E-state index < -0.39 is 0 Å². The number of hydrogen-bond donors (Lipinski definition) is 1. The Labute approximate surface area is 167 Å². The van der Waals surface area contributed by atoms with Gasteiger partial charge in [-0.15, -0.1) is 10.2 Å². The molecule has 144 valence electrons. The van der Waals surface area contributed by atoms with Crippen LogP contribution in [-0.2, 0) is 13.5 Å². The number of aromatic hydroxyl groups is 1. The zero-order chi connectivity index (χ0) is 20.1. The van der Waals surface area contributed by atoms with Crippen LogP contribution in [0.4, 0.5) is 0 Å². The van der Waals surface area contributed by atoms with Gasteiger partial charge < -0.3 is 9.67 Å². The van der Waals surface area contributed by atoms with Crippen LogP contribution in [0.2, 0.25) is 0 Å². The number of para-hydroxylation sites is 1. The Morgan fingerprint density at radius 1 is 0.966 bits per heavy atom. The third-order valence-electron chi connectivity index (χ3n) is 5.44. The van der Waals surface area contributed by atoms with E-state index in [2.05, 4.69) is 21.4 Å². The lowest BCUT2D eigenvalue weighted by atomic mass is 10.0. The Morgan fingerprint density at radius 2 is 1.72 bits per heavy atom. The standard InChI is InChI=1S/C22H20N6O/c1-13-18(12-15-8-10-16(29)11-9-15)14(2)28(26-13)22-23-21-20(24-25-22)17-6-4-5-7-19(17)27(21)3/h4-11,29H,12H2,1-3H3. The van der Waals surface area contributed by atoms with Crippen LogP contribution in [0.15, 0.2) is 48.5 Å². The first-order valence-corrected chi connectivity index (χ1v) is 9.44. The van der Waals surface area contributed by atoms with E-state index >= 15 is 0 Å². The summed E-state index contributed by atoms with van der Waals surface area (Å²) < 4.78 is 3.79. The molecule has 5 aromatic rings. The number of phenolic OH excluding ortho intramolecular Hbond substituents is 1. The second-order valence-electron chi connectivity index (χ2n) is 7.26. The highest BCUT2D eigenvalue weighted by atomic mass is 16.3. The third-order valence-corrected chi connectivity index (χ3v) is 5.44. The summed E-state index contributed by atoms with van der Waals surface area (Å²) in [5, 5.41) is 24.0. The fourth-order valence-electron chi connectivity index (χ4n) is 3.83. The molecule has 0 atom stereocenters. The van der Waals surface area contributed by atoms with Gasteiger partial charge in [-0.3, -0.25) is 0 Å². The normalized spacial score (nSPS) is 11.6. The predicted octanol–water partition coefficient (Wildman–Crippen LogP) is 3.62. The van der Waals surface area contributed by atoms with Gasteiger partial charge in [0.05, 0.1) is 11.2 Å². The number of phenols is 1. The van der Waals surface area contributed by atoms with Gasteiger partial charge in [-0.2, -0.15) is 10.1 Å². The van der Waals surface area contributed by atoms with Gasteiger partial charge in [0, 0.05) is 30.1 Å². The molecule has 0 amide bonds. The highest BCUT2D eigenvalue weighted by Gasteiger charge is 2.18. The van der Waals surface area contributed by atoms with Gasteiger partial charge in [0.25, 0.3) is 5.95 Å². The molecule has 0 radical (unpaired) electrons. The molecule has 0 unspecified atom stereocenters. The molecule has 0 aliphatic heterocycles. The van der Waals surface area contributed by atoms with Gasteiger partial charge in [-0.1, -0.05) is 30.3 Å². The van der Waals surface area contributed by atoms with Crippen molar-refractivity contribution in [3.8, 4) is 11.7 Å². The second kappa shape index (κ2) is 6.41. The molecule has 3 aromatic heterocycles. The van der Waals surface area contributed by atoms with Crippen LogP contribution in [0.3, 0.4) is 0 Å². The number of benzene rings is 2. The monoisotopic (exact) mass is 384 g/mol. The molecule has 7 nitrogen and oxygen atoms in total. The zero-order valence-corrected chi connectivity index (χ0v) is 16.5. The van der Waals surface area contributed by atoms with Crippen LogP contribution < -0.4 is 0 Å². The molecule has 7 heteroatoms. The molecule has 0 bridgehead atoms. The Hall–Kier alpha value is -3.74. The smallest absolute Gasteiger partial charge is 0.272 e. The Morgan fingerprint density at radius 3 is 2.52 bits per heavy atom. The minimum Gasteiger partial charge on any atom is -0.508 e. The van der Waals surface area contributed by atoms with Crippen LogP contribution in [-0.4, -0.2) is 34.6 Å². The third kappa shape index (κ3) is 2.74. The van der Waals surface area contributed by atoms with Gasteiger partial charge in [0.1, 0.15) is 11.3 Å². The lowest BCUT2D eigenvalue weighted by Crippen LogP contribution is -2.07. The average Bonchev–Trinajstić information content (AvgIpc) is 3.18. The van der Waals surface area contributed by atoms with E-state index in [0.717, 1.165) is 51.0 Å². The van der Waals surface area contributed by atoms with Crippen molar-refractivity contribution in [2.75, 3.05) is 0 Å². The van der Waals surface area contributed by atoms with E-state index in [-0.39, 0.29) is 5.75 Å². The molecule has 0 fully saturated rings. The Balaban J connectivity index is 1.60. The lowest BCUT2D eigenvalue weighted by molar-refractivity contribution is 0.475. The van der Waals surface area contributed by atoms with Crippen LogP contribution in [0, 0.1) is 13.8 Å². The molecule has 3 heterocycles. The molecule has 5 rings (SSSR count). The first-order valence-electron chi connectivity index (χ1n) is 9.44. The first-order chi connectivity index (χ1) is 14.0. The number of hydrogen-bond acceptors (Lipinski definition) is 5. The number of rotatable bonds is 3. The van der Waals surface area contributed by atoms with Crippen LogP contribution in [0.1, 0.15) is 22.5 Å². The van der Waals surface area contributed by atoms with Crippen molar-refractivity contribution in [1.82, 2.24) is 29.5 Å². The maximum atomic E-state index is 9.50. The quantitative estimate of drug-likeness (QED) is 0.514. The fraction of sp³-hybridized carbons (Fsp3) is 0.182. The molecule has 0 saturated carbocycles. The van der Waals surface area contributed by atoms with Gasteiger partial charge in [-0.25, -0.2) is 4.68 Å². The topological polar surface area (TPSA) is 81.7 Å². The van der Waals surface area contributed by atoms with Gasteiger partial charge in [0.15, 0.2) is 5.65 Å². The van der Waals surface area contributed by atoms with Crippen molar-refractivity contribution in [3.05, 3.63) is 71.0 Å². The summed E-state index contributed by atoms with van der Waals surface area (Å²) in [6.45, 7) is 4.01. The van der Waals surface area contributed by atoms with Crippen molar-refractivity contribution in [2.45, 2.75) is 20.3 Å². The summed E-state index contributed by atoms with van der Waals surface area (Å²) >= 11 is 0. The van der Waals surface area contributed by atoms with Crippen LogP contribution in [0.25, 0.3) is 28.0 Å². The molecule has 0 aliphatic carbocycles. The fourth-order valence-corrected chi connectivity index (χ4v) is 3.83. The lowest BCUT2D eigenvalue weighted by Gasteiger charge is -2.05. The van der Waals surface area contributed by atoms with Crippen LogP contribution in [0.5, 0.6) is 5.75 Å². The van der Waals surface area contributed by atoms with E-state index in [4.69, 9.17) is 4.98 Å². The van der Waals surface area contributed by atoms with Crippen LogP contribution >= 0.6 is 0 Å². The van der Waals surface area contributed by atoms with E-state index in [1.165, 1.54) is 0 Å². The molecule has 2 aromatic carbocycles. The van der Waals surface area contributed by atoms with E-state index in [9.17, 15) is 5.11 Å². The summed E-state index contributed by atoms with van der Waals surface area (Å²) in [7, 11) is 1.99. The maximum absolute atomic E-state index is 9.50. The Bertz CT molecular complexity index is 1360. The molecule has 0 spiro atoms. The zero-order valence-electron chi connectivity index (χ0n) is 16.5. The maximum Gasteiger partial charge on any atom is 0.272 e. The van der Waals surface area contributed by atoms with Gasteiger partial charge in [0.2, 0.25) is 0 Å². The highest BCUT2D eigenvalue weighted by molar-refractivity contribution is 6.03. The van der Waals surface area contributed by atoms with E-state index in [1.54, 1.807) is 16.8 Å². The molecular weight excluding hydrogens is 364 g/mol. The van der Waals surface area contributed by atoms with E-state index in [0.29, 0.717) is 5.95 Å². The van der Waals surface area contributed by atoms with Gasteiger partial charge in [-0.05, 0) is 37.6 Å². The predicted molar refractivity (Wildman–Crippen MR) is 111 cm³/mol. The Kier molecular flexibility index (Phi) is 3.84. The second-order valence-corrected chi connectivity index (χ2v) is 7.26. The SMILES string of the molecule is Cc1nn(-c2nnc3c4ccccc4n(C)c3n2)c(C)c1Cc1ccc(O)cc1. The average molecular weight is 384 g/mol. The number of aryl methyl sites for hydroxylation is 2. The molecule has 1 N–H and O–H groups in total. The van der Waals surface area contributed by atoms with Crippen molar-refractivity contribution in [2.24, 2.45) is 7.05 Å². The largest absolute Gasteiger partial charge is 0.508 e. The van der Waals surface area contributed by atoms with Crippen molar-refractivity contribution < 1.29 is 5.11 Å². The number of fused-ring (bicyclic) bond motifs is 3. The molecule has 0 saturated heterocycles. The van der Waals surface area contributed by atoms with Crippen molar-refractivity contribution in [3.63, 3.8) is 0 Å². The minimum absolute atomic E-state index is 0.264. The van der Waals surface area contributed by atoms with Crippen molar-refractivity contribution in [1.29, 1.82) is 0 Å². The van der Waals surface area contributed by atoms with Crippen molar-refractivity contribution >= 4 is 22.1 Å². The number of nitrogens with zero attached hydrogens (tertiary/aromatic N) is 6. The summed E-state index contributed by atoms with van der Waals surface area (Å²) in [6.07, 6.45) is 0.724. The first kappa shape index (κ1) is 17.4. The molecule has 29 heavy (non-hydrogen) atoms. The highest BCUT2D eigenvalue weighted by Crippen LogP contribution is 2.26. The molecule has 0 aliphatic rings.